The molecule has 1 aromatic rings. The maximum absolute atomic E-state index is 12.2. The zero-order valence-corrected chi connectivity index (χ0v) is 18.3. The molecule has 0 spiro atoms. The number of unbranched alkanes of at least 4 members (excludes halogenated alkanes) is 3. The molecular formula is C22H36N4O3. The number of alkyl carbamates (subject to hydrolysis) is 1. The van der Waals surface area contributed by atoms with Crippen molar-refractivity contribution in [3.8, 4) is 0 Å². The van der Waals surface area contributed by atoms with Crippen LogP contribution in [0, 0.1) is 0 Å². The van der Waals surface area contributed by atoms with Crippen molar-refractivity contribution in [3.63, 3.8) is 0 Å². The number of nitrogens with zero attached hydrogens (tertiary/aromatic N) is 2. The van der Waals surface area contributed by atoms with Gasteiger partial charge in [-0.2, -0.15) is 0 Å². The number of carbonyl (C=O) groups is 2. The lowest BCUT2D eigenvalue weighted by Gasteiger charge is -2.20. The number of ether oxygens (including phenoxy) is 1. The predicted octanol–water partition coefficient (Wildman–Crippen LogP) is 4.26. The molecule has 1 aliphatic heterocycles. The van der Waals surface area contributed by atoms with Gasteiger partial charge in [0.2, 0.25) is 5.91 Å². The first kappa shape index (κ1) is 23.1. The van der Waals surface area contributed by atoms with Gasteiger partial charge in [0, 0.05) is 25.2 Å². The average molecular weight is 405 g/mol. The molecule has 2 amide bonds. The van der Waals surface area contributed by atoms with Crippen molar-refractivity contribution in [1.29, 1.82) is 0 Å². The molecule has 1 aliphatic rings. The van der Waals surface area contributed by atoms with Crippen molar-refractivity contribution in [3.05, 3.63) is 24.0 Å². The monoisotopic (exact) mass is 404 g/mol. The molecule has 1 atom stereocenters. The van der Waals surface area contributed by atoms with Gasteiger partial charge in [0.1, 0.15) is 5.60 Å². The summed E-state index contributed by atoms with van der Waals surface area (Å²) >= 11 is 0. The number of amides is 2. The van der Waals surface area contributed by atoms with Crippen LogP contribution in [0.5, 0.6) is 0 Å². The highest BCUT2D eigenvalue weighted by Gasteiger charge is 2.23. The first-order valence-corrected chi connectivity index (χ1v) is 10.7. The zero-order chi connectivity index (χ0) is 21.3. The van der Waals surface area contributed by atoms with E-state index in [-0.39, 0.29) is 12.0 Å². The second-order valence-electron chi connectivity index (χ2n) is 8.79. The fourth-order valence-corrected chi connectivity index (χ4v) is 3.53. The number of hydrogen-bond acceptors (Lipinski definition) is 5. The third-order valence-electron chi connectivity index (χ3n) is 4.95. The van der Waals surface area contributed by atoms with Gasteiger partial charge in [-0.25, -0.2) is 4.79 Å². The number of anilines is 1. The van der Waals surface area contributed by atoms with E-state index in [1.807, 2.05) is 33.0 Å². The van der Waals surface area contributed by atoms with Crippen LogP contribution < -0.4 is 10.6 Å². The van der Waals surface area contributed by atoms with Crippen LogP contribution in [0.4, 0.5) is 10.5 Å². The van der Waals surface area contributed by atoms with E-state index in [2.05, 4.69) is 27.6 Å². The number of pyridine rings is 1. The van der Waals surface area contributed by atoms with Crippen molar-refractivity contribution in [2.24, 2.45) is 0 Å². The van der Waals surface area contributed by atoms with E-state index in [1.54, 1.807) is 6.20 Å². The van der Waals surface area contributed by atoms with E-state index >= 15 is 0 Å². The molecule has 162 valence electrons. The fourth-order valence-electron chi connectivity index (χ4n) is 3.53. The van der Waals surface area contributed by atoms with Crippen LogP contribution in [-0.2, 0) is 9.53 Å². The molecule has 2 rings (SSSR count). The summed E-state index contributed by atoms with van der Waals surface area (Å²) in [6.45, 7) is 7.23. The van der Waals surface area contributed by atoms with E-state index in [4.69, 9.17) is 4.74 Å². The predicted molar refractivity (Wildman–Crippen MR) is 115 cm³/mol. The Kier molecular flexibility index (Phi) is 8.89. The Morgan fingerprint density at radius 2 is 1.97 bits per heavy atom. The Morgan fingerprint density at radius 3 is 2.66 bits per heavy atom. The van der Waals surface area contributed by atoms with Crippen LogP contribution in [0.25, 0.3) is 0 Å². The van der Waals surface area contributed by atoms with Crippen LogP contribution in [0.15, 0.2) is 18.5 Å². The fraction of sp³-hybridized carbons (Fsp3) is 0.682. The van der Waals surface area contributed by atoms with Gasteiger partial charge in [-0.3, -0.25) is 14.7 Å². The second-order valence-corrected chi connectivity index (χ2v) is 8.79. The molecule has 0 aliphatic carbocycles. The summed E-state index contributed by atoms with van der Waals surface area (Å²) in [5.41, 5.74) is 1.47. The summed E-state index contributed by atoms with van der Waals surface area (Å²) in [6, 6.07) is 2.44. The molecule has 0 radical (unpaired) electrons. The summed E-state index contributed by atoms with van der Waals surface area (Å²) in [5, 5.41) is 5.72. The van der Waals surface area contributed by atoms with E-state index in [9.17, 15) is 9.59 Å². The number of carbonyl (C=O) groups excluding carboxylic acids is 2. The van der Waals surface area contributed by atoms with Gasteiger partial charge >= 0.3 is 6.09 Å². The molecule has 29 heavy (non-hydrogen) atoms. The Morgan fingerprint density at radius 1 is 1.21 bits per heavy atom. The molecule has 2 heterocycles. The maximum atomic E-state index is 12.2. The van der Waals surface area contributed by atoms with Crippen molar-refractivity contribution < 1.29 is 14.3 Å². The summed E-state index contributed by atoms with van der Waals surface area (Å²) in [6.07, 6.45) is 9.68. The number of aromatic nitrogens is 1. The highest BCUT2D eigenvalue weighted by Crippen LogP contribution is 2.30. The van der Waals surface area contributed by atoms with Crippen LogP contribution >= 0.6 is 0 Å². The highest BCUT2D eigenvalue weighted by atomic mass is 16.6. The minimum atomic E-state index is -0.473. The normalized spacial score (nSPS) is 17.2. The quantitative estimate of drug-likeness (QED) is 0.601. The van der Waals surface area contributed by atoms with E-state index < -0.39 is 5.60 Å². The van der Waals surface area contributed by atoms with Gasteiger partial charge in [0.15, 0.2) is 0 Å². The van der Waals surface area contributed by atoms with Gasteiger partial charge in [-0.05, 0) is 71.7 Å². The van der Waals surface area contributed by atoms with Gasteiger partial charge in [-0.15, -0.1) is 0 Å². The topological polar surface area (TPSA) is 83.6 Å². The van der Waals surface area contributed by atoms with E-state index in [0.717, 1.165) is 44.3 Å². The minimum Gasteiger partial charge on any atom is -0.444 e. The van der Waals surface area contributed by atoms with E-state index in [1.165, 1.54) is 12.0 Å². The zero-order valence-electron chi connectivity index (χ0n) is 18.3. The maximum Gasteiger partial charge on any atom is 0.407 e. The Labute approximate surface area is 174 Å². The molecule has 0 aromatic carbocycles. The van der Waals surface area contributed by atoms with Crippen LogP contribution in [-0.4, -0.2) is 47.6 Å². The van der Waals surface area contributed by atoms with Crippen LogP contribution in [0.1, 0.15) is 77.3 Å². The standard InChI is InChI=1S/C22H36N4O3/c1-22(2,3)29-21(28)24-12-8-6-5-7-11-20(27)25-18-14-17(15-23-16-18)19-10-9-13-26(19)4/h14-16,19H,5-13H2,1-4H3,(H,24,28)(H,25,27). The minimum absolute atomic E-state index is 0.0237. The van der Waals surface area contributed by atoms with Crippen molar-refractivity contribution in [1.82, 2.24) is 15.2 Å². The summed E-state index contributed by atoms with van der Waals surface area (Å²) in [7, 11) is 2.13. The molecule has 1 fully saturated rings. The molecule has 0 saturated carbocycles. The number of likely N-dealkylation sites (tertiary alicyclic amines) is 1. The third kappa shape index (κ3) is 8.81. The van der Waals surface area contributed by atoms with Gasteiger partial charge in [0.25, 0.3) is 0 Å². The molecule has 2 N–H and O–H groups in total. The Balaban J connectivity index is 1.59. The third-order valence-corrected chi connectivity index (χ3v) is 4.95. The van der Waals surface area contributed by atoms with Gasteiger partial charge in [-0.1, -0.05) is 12.8 Å². The van der Waals surface area contributed by atoms with Gasteiger partial charge < -0.3 is 15.4 Å². The van der Waals surface area contributed by atoms with Crippen LogP contribution in [0.2, 0.25) is 0 Å². The first-order valence-electron chi connectivity index (χ1n) is 10.7. The van der Waals surface area contributed by atoms with Crippen molar-refractivity contribution in [2.45, 2.75) is 77.4 Å². The smallest absolute Gasteiger partial charge is 0.407 e. The average Bonchev–Trinajstić information content (AvgIpc) is 3.05. The lowest BCUT2D eigenvalue weighted by molar-refractivity contribution is -0.116. The molecule has 7 nitrogen and oxygen atoms in total. The Hall–Kier alpha value is -2.15. The summed E-state index contributed by atoms with van der Waals surface area (Å²) < 4.78 is 5.19. The largest absolute Gasteiger partial charge is 0.444 e. The summed E-state index contributed by atoms with van der Waals surface area (Å²) in [5.74, 6) is 0.0237. The SMILES string of the molecule is CN1CCCC1c1cncc(NC(=O)CCCCCCNC(=O)OC(C)(C)C)c1. The summed E-state index contributed by atoms with van der Waals surface area (Å²) in [4.78, 5) is 30.4. The first-order chi connectivity index (χ1) is 13.7. The highest BCUT2D eigenvalue weighted by molar-refractivity contribution is 5.90. The lowest BCUT2D eigenvalue weighted by atomic mass is 10.1. The Bertz CT molecular complexity index is 672. The molecule has 1 saturated heterocycles. The van der Waals surface area contributed by atoms with Crippen LogP contribution in [0.3, 0.4) is 0 Å². The van der Waals surface area contributed by atoms with Crippen molar-refractivity contribution >= 4 is 17.7 Å². The molecule has 7 heteroatoms. The molecular weight excluding hydrogens is 368 g/mol. The van der Waals surface area contributed by atoms with Gasteiger partial charge in [0.05, 0.1) is 11.9 Å². The number of nitrogens with one attached hydrogen (secondary N) is 2. The lowest BCUT2D eigenvalue weighted by Crippen LogP contribution is -2.32. The molecule has 1 unspecified atom stereocenters. The molecule has 0 bridgehead atoms. The number of hydrogen-bond donors (Lipinski definition) is 2. The second kappa shape index (κ2) is 11.1. The van der Waals surface area contributed by atoms with E-state index in [0.29, 0.717) is 19.0 Å². The molecule has 1 aromatic heterocycles. The van der Waals surface area contributed by atoms with Crippen molar-refractivity contribution in [2.75, 3.05) is 25.5 Å². The number of rotatable bonds is 9.